The van der Waals surface area contributed by atoms with E-state index in [1.54, 1.807) is 36.4 Å². The van der Waals surface area contributed by atoms with Crippen molar-refractivity contribution in [2.24, 2.45) is 0 Å². The number of methoxy groups -OCH3 is 1. The van der Waals surface area contributed by atoms with Crippen molar-refractivity contribution in [3.8, 4) is 17.4 Å². The number of hydrazine groups is 1. The number of carbonyl (C=O) groups excluding carboxylic acids is 1. The molecule has 0 aliphatic rings. The smallest absolute Gasteiger partial charge is 0.288 e. The van der Waals surface area contributed by atoms with E-state index in [4.69, 9.17) is 15.2 Å². The quantitative estimate of drug-likeness (QED) is 0.576. The lowest BCUT2D eigenvalue weighted by atomic mass is 10.3. The lowest BCUT2D eigenvalue weighted by molar-refractivity contribution is 0.0957. The number of hydrogen-bond acceptors (Lipinski definition) is 8. The van der Waals surface area contributed by atoms with E-state index in [1.165, 1.54) is 19.6 Å². The van der Waals surface area contributed by atoms with Crippen molar-refractivity contribution < 1.29 is 14.3 Å². The van der Waals surface area contributed by atoms with Crippen LogP contribution in [0.15, 0.2) is 55.0 Å². The Balaban J connectivity index is 1.74. The van der Waals surface area contributed by atoms with Crippen molar-refractivity contribution in [3.63, 3.8) is 0 Å². The summed E-state index contributed by atoms with van der Waals surface area (Å²) in [6.45, 7) is 0. The van der Waals surface area contributed by atoms with E-state index in [-0.39, 0.29) is 23.1 Å². The van der Waals surface area contributed by atoms with Gasteiger partial charge in [0.05, 0.1) is 7.11 Å². The van der Waals surface area contributed by atoms with Gasteiger partial charge in [0, 0.05) is 6.20 Å². The third-order valence-corrected chi connectivity index (χ3v) is 3.32. The Bertz CT molecular complexity index is 904. The van der Waals surface area contributed by atoms with E-state index in [0.717, 1.165) is 0 Å². The maximum atomic E-state index is 12.0. The summed E-state index contributed by atoms with van der Waals surface area (Å²) in [5, 5.41) is 0. The highest BCUT2D eigenvalue weighted by molar-refractivity contribution is 5.93. The molecule has 9 nitrogen and oxygen atoms in total. The third kappa shape index (κ3) is 3.78. The number of nitrogen functional groups attached to an aromatic ring is 1. The Kier molecular flexibility index (Phi) is 5.08. The molecule has 26 heavy (non-hydrogen) atoms. The van der Waals surface area contributed by atoms with E-state index >= 15 is 0 Å². The minimum absolute atomic E-state index is 0.124. The summed E-state index contributed by atoms with van der Waals surface area (Å²) in [6.07, 6.45) is 2.78. The average molecular weight is 352 g/mol. The zero-order chi connectivity index (χ0) is 18.4. The van der Waals surface area contributed by atoms with Crippen LogP contribution in [0.4, 0.5) is 11.5 Å². The predicted octanol–water partition coefficient (Wildman–Crippen LogP) is 2.01. The standard InChI is InChI=1S/C17H16N6O3/c1-25-12-7-2-3-8-13(12)26-17-14(18)15(20-10-21-17)22-23-16(24)11-6-4-5-9-19-11/h2-10H,18H2,1H3,(H,23,24)(H,20,21,22). The molecule has 0 radical (unpaired) electrons. The highest BCUT2D eigenvalue weighted by atomic mass is 16.5. The largest absolute Gasteiger partial charge is 0.493 e. The fourth-order valence-electron chi connectivity index (χ4n) is 2.04. The Morgan fingerprint density at radius 1 is 1.04 bits per heavy atom. The number of carbonyl (C=O) groups is 1. The van der Waals surface area contributed by atoms with Gasteiger partial charge in [-0.1, -0.05) is 18.2 Å². The van der Waals surface area contributed by atoms with Crippen LogP contribution >= 0.6 is 0 Å². The van der Waals surface area contributed by atoms with Gasteiger partial charge in [-0.3, -0.25) is 20.6 Å². The molecule has 0 atom stereocenters. The van der Waals surface area contributed by atoms with E-state index in [0.29, 0.717) is 11.5 Å². The highest BCUT2D eigenvalue weighted by Crippen LogP contribution is 2.34. The first-order valence-electron chi connectivity index (χ1n) is 7.57. The van der Waals surface area contributed by atoms with Gasteiger partial charge in [-0.15, -0.1) is 0 Å². The van der Waals surface area contributed by atoms with Crippen LogP contribution in [0.25, 0.3) is 0 Å². The molecule has 0 spiro atoms. The number of nitrogens with one attached hydrogen (secondary N) is 2. The Labute approximate surface area is 149 Å². The fourth-order valence-corrected chi connectivity index (χ4v) is 2.04. The average Bonchev–Trinajstić information content (AvgIpc) is 2.69. The van der Waals surface area contributed by atoms with Crippen molar-refractivity contribution in [1.82, 2.24) is 20.4 Å². The normalized spacial score (nSPS) is 10.0. The summed E-state index contributed by atoms with van der Waals surface area (Å²) in [5.74, 6) is 0.858. The van der Waals surface area contributed by atoms with E-state index in [1.807, 2.05) is 6.07 Å². The molecule has 0 saturated carbocycles. The van der Waals surface area contributed by atoms with Crippen LogP contribution in [0.5, 0.6) is 17.4 Å². The lowest BCUT2D eigenvalue weighted by Crippen LogP contribution is -2.30. The number of amides is 1. The summed E-state index contributed by atoms with van der Waals surface area (Å²) < 4.78 is 10.9. The molecule has 0 saturated heterocycles. The van der Waals surface area contributed by atoms with Gasteiger partial charge in [-0.05, 0) is 24.3 Å². The van der Waals surface area contributed by atoms with Crippen molar-refractivity contribution in [2.45, 2.75) is 0 Å². The van der Waals surface area contributed by atoms with E-state index in [9.17, 15) is 4.79 Å². The molecule has 4 N–H and O–H groups in total. The topological polar surface area (TPSA) is 124 Å². The molecule has 3 aromatic rings. The molecule has 0 aliphatic carbocycles. The second-order valence-corrected chi connectivity index (χ2v) is 4.99. The molecule has 1 aromatic carbocycles. The summed E-state index contributed by atoms with van der Waals surface area (Å²) in [5.41, 5.74) is 11.5. The number of ether oxygens (including phenoxy) is 2. The first-order valence-corrected chi connectivity index (χ1v) is 7.57. The van der Waals surface area contributed by atoms with Crippen LogP contribution < -0.4 is 26.1 Å². The van der Waals surface area contributed by atoms with E-state index < -0.39 is 5.91 Å². The number of nitrogens with zero attached hydrogens (tertiary/aromatic N) is 3. The van der Waals surface area contributed by atoms with Gasteiger partial charge in [0.2, 0.25) is 5.88 Å². The van der Waals surface area contributed by atoms with Crippen molar-refractivity contribution in [1.29, 1.82) is 0 Å². The van der Waals surface area contributed by atoms with Crippen LogP contribution in [0.1, 0.15) is 10.5 Å². The molecule has 1 amide bonds. The Morgan fingerprint density at radius 3 is 2.54 bits per heavy atom. The van der Waals surface area contributed by atoms with Crippen molar-refractivity contribution in [3.05, 3.63) is 60.7 Å². The molecule has 0 bridgehead atoms. The number of benzene rings is 1. The SMILES string of the molecule is COc1ccccc1Oc1ncnc(NNC(=O)c2ccccn2)c1N. The first-order chi connectivity index (χ1) is 12.7. The summed E-state index contributed by atoms with van der Waals surface area (Å²) in [6, 6.07) is 12.1. The van der Waals surface area contributed by atoms with Crippen molar-refractivity contribution in [2.75, 3.05) is 18.3 Å². The monoisotopic (exact) mass is 352 g/mol. The second kappa shape index (κ2) is 7.79. The summed E-state index contributed by atoms with van der Waals surface area (Å²) >= 11 is 0. The molecular weight excluding hydrogens is 336 g/mol. The van der Waals surface area contributed by atoms with Gasteiger partial charge in [0.15, 0.2) is 17.3 Å². The first kappa shape index (κ1) is 17.0. The Morgan fingerprint density at radius 2 is 1.81 bits per heavy atom. The summed E-state index contributed by atoms with van der Waals surface area (Å²) in [4.78, 5) is 24.0. The maximum Gasteiger partial charge on any atom is 0.288 e. The lowest BCUT2D eigenvalue weighted by Gasteiger charge is -2.13. The van der Waals surface area contributed by atoms with Crippen LogP contribution in [-0.2, 0) is 0 Å². The number of aromatic nitrogens is 3. The summed E-state index contributed by atoms with van der Waals surface area (Å²) in [7, 11) is 1.53. The molecule has 2 heterocycles. The van der Waals surface area contributed by atoms with Gasteiger partial charge in [0.1, 0.15) is 17.7 Å². The molecule has 3 rings (SSSR count). The molecule has 2 aromatic heterocycles. The number of pyridine rings is 1. The fraction of sp³-hybridized carbons (Fsp3) is 0.0588. The van der Waals surface area contributed by atoms with Crippen LogP contribution in [0.2, 0.25) is 0 Å². The molecule has 9 heteroatoms. The number of anilines is 2. The molecule has 0 aliphatic heterocycles. The van der Waals surface area contributed by atoms with Crippen LogP contribution in [0.3, 0.4) is 0 Å². The minimum Gasteiger partial charge on any atom is -0.493 e. The zero-order valence-corrected chi connectivity index (χ0v) is 13.8. The zero-order valence-electron chi connectivity index (χ0n) is 13.8. The third-order valence-electron chi connectivity index (χ3n) is 3.32. The Hall–Kier alpha value is -3.88. The van der Waals surface area contributed by atoms with E-state index in [2.05, 4.69) is 25.8 Å². The second-order valence-electron chi connectivity index (χ2n) is 4.99. The maximum absolute atomic E-state index is 12.0. The van der Waals surface area contributed by atoms with Crippen LogP contribution in [-0.4, -0.2) is 28.0 Å². The van der Waals surface area contributed by atoms with Gasteiger partial charge < -0.3 is 15.2 Å². The van der Waals surface area contributed by atoms with Gasteiger partial charge >= 0.3 is 0 Å². The van der Waals surface area contributed by atoms with Gasteiger partial charge in [-0.2, -0.15) is 4.98 Å². The number of hydrogen-bond donors (Lipinski definition) is 3. The number of rotatable bonds is 6. The number of para-hydroxylation sites is 2. The van der Waals surface area contributed by atoms with Gasteiger partial charge in [-0.25, -0.2) is 4.98 Å². The van der Waals surface area contributed by atoms with Gasteiger partial charge in [0.25, 0.3) is 5.91 Å². The van der Waals surface area contributed by atoms with Crippen molar-refractivity contribution >= 4 is 17.4 Å². The minimum atomic E-state index is -0.434. The molecular formula is C17H16N6O3. The molecule has 0 fully saturated rings. The predicted molar refractivity (Wildman–Crippen MR) is 94.8 cm³/mol. The molecule has 0 unspecified atom stereocenters. The van der Waals surface area contributed by atoms with Crippen LogP contribution in [0, 0.1) is 0 Å². The number of nitrogens with two attached hydrogens (primary N) is 1. The highest BCUT2D eigenvalue weighted by Gasteiger charge is 2.14. The molecule has 132 valence electrons.